The number of likely N-dealkylation sites (tertiary alicyclic amines) is 1. The van der Waals surface area contributed by atoms with E-state index in [4.69, 9.17) is 19.9 Å². The largest absolute Gasteiger partial charge is 0.504 e. The Balaban J connectivity index is 1.46. The molecule has 13 nitrogen and oxygen atoms in total. The van der Waals surface area contributed by atoms with Crippen LogP contribution in [0.1, 0.15) is 63.0 Å². The van der Waals surface area contributed by atoms with E-state index in [-0.39, 0.29) is 42.0 Å². The number of amides is 1. The minimum atomic E-state index is -1.85. The second-order valence-electron chi connectivity index (χ2n) is 11.6. The maximum Gasteiger partial charge on any atom is 0.345 e. The second-order valence-corrected chi connectivity index (χ2v) is 11.6. The fraction of sp³-hybridized carbons (Fsp3) is 0.600. The van der Waals surface area contributed by atoms with Gasteiger partial charge in [0.25, 0.3) is 0 Å². The van der Waals surface area contributed by atoms with Crippen LogP contribution in [0.25, 0.3) is 0 Å². The third-order valence-corrected chi connectivity index (χ3v) is 9.00. The Kier molecular flexibility index (Phi) is 9.67. The lowest BCUT2D eigenvalue weighted by atomic mass is 9.54. The van der Waals surface area contributed by atoms with Gasteiger partial charge in [-0.2, -0.15) is 0 Å². The first-order valence-corrected chi connectivity index (χ1v) is 14.6. The molecule has 1 aliphatic carbocycles. The second kappa shape index (κ2) is 12.9. The maximum absolute atomic E-state index is 13.0. The van der Waals surface area contributed by atoms with Crippen LogP contribution in [0.15, 0.2) is 24.0 Å². The van der Waals surface area contributed by atoms with Crippen molar-refractivity contribution in [3.05, 3.63) is 35.1 Å². The third kappa shape index (κ3) is 6.06. The van der Waals surface area contributed by atoms with Crippen LogP contribution < -0.4 is 15.8 Å². The molecule has 1 aromatic carbocycles. The average molecular weight is 604 g/mol. The van der Waals surface area contributed by atoms with Crippen LogP contribution in [0.3, 0.4) is 0 Å². The topological polar surface area (TPSA) is 198 Å². The Bertz CT molecular complexity index is 1300. The quantitative estimate of drug-likeness (QED) is 0.168. The molecule has 0 saturated carbocycles. The number of likely N-dealkylation sites (N-methyl/N-ethyl adjacent to an activating group) is 1. The van der Waals surface area contributed by atoms with Crippen LogP contribution >= 0.6 is 0 Å². The number of nitrogens with two attached hydrogens (primary N) is 1. The molecular weight excluding hydrogens is 562 g/mol. The molecule has 6 N–H and O–H groups in total. The Hall–Kier alpha value is -3.68. The molecule has 4 rings (SSSR count). The lowest BCUT2D eigenvalue weighted by molar-refractivity contribution is -0.170. The molecule has 3 aliphatic rings. The molecule has 5 atom stereocenters. The van der Waals surface area contributed by atoms with Crippen molar-refractivity contribution >= 4 is 23.8 Å². The number of benzene rings is 1. The van der Waals surface area contributed by atoms with Gasteiger partial charge in [0, 0.05) is 24.4 Å². The number of carboxylic acids is 1. The number of carboxylic acid groups (broad SMARTS) is 1. The predicted molar refractivity (Wildman–Crippen MR) is 152 cm³/mol. The van der Waals surface area contributed by atoms with Gasteiger partial charge in [0.2, 0.25) is 12.0 Å². The summed E-state index contributed by atoms with van der Waals surface area (Å²) in [5.41, 5.74) is 4.49. The zero-order valence-corrected chi connectivity index (χ0v) is 24.8. The first-order valence-electron chi connectivity index (χ1n) is 14.6. The highest BCUT2D eigenvalue weighted by molar-refractivity contribution is 5.86. The summed E-state index contributed by atoms with van der Waals surface area (Å²) in [6, 6.07) is 2.94. The smallest absolute Gasteiger partial charge is 0.345 e. The summed E-state index contributed by atoms with van der Waals surface area (Å²) in [5.74, 6) is -3.77. The van der Waals surface area contributed by atoms with Gasteiger partial charge in [-0.1, -0.05) is 12.5 Å². The van der Waals surface area contributed by atoms with Gasteiger partial charge >= 0.3 is 17.9 Å². The van der Waals surface area contributed by atoms with E-state index in [1.807, 2.05) is 25.8 Å². The average Bonchev–Trinajstić information content (AvgIpc) is 3.33. The van der Waals surface area contributed by atoms with Crippen LogP contribution in [0.4, 0.5) is 0 Å². The van der Waals surface area contributed by atoms with E-state index < -0.39 is 54.1 Å². The van der Waals surface area contributed by atoms with Crippen molar-refractivity contribution in [3.8, 4) is 11.5 Å². The number of nitrogens with one attached hydrogen (secondary N) is 1. The number of rotatable bonds is 12. The van der Waals surface area contributed by atoms with Crippen molar-refractivity contribution in [3.63, 3.8) is 0 Å². The van der Waals surface area contributed by atoms with Gasteiger partial charge in [-0.15, -0.1) is 0 Å². The SMILES string of the molecule is Cc1ccc(O)c2c1[C@]13CCN(C)[C@H](C)[C@]1(O)CC=C(OC(=O)C[C@H](OC(=O)CNC(=O)CCCCCN)C(=O)O)[C@@H]3O2. The molecule has 0 radical (unpaired) electrons. The monoisotopic (exact) mass is 603 g/mol. The van der Waals surface area contributed by atoms with E-state index in [9.17, 15) is 34.5 Å². The predicted octanol–water partition coefficient (Wildman–Crippen LogP) is 1.01. The zero-order chi connectivity index (χ0) is 31.5. The minimum absolute atomic E-state index is 0.0822. The summed E-state index contributed by atoms with van der Waals surface area (Å²) in [6.07, 6.45) is 0.812. The number of aliphatic carboxylic acids is 1. The van der Waals surface area contributed by atoms with Crippen molar-refractivity contribution in [2.24, 2.45) is 5.73 Å². The number of nitrogens with zero attached hydrogens (tertiary/aromatic N) is 1. The number of phenols is 1. The number of aliphatic hydroxyl groups is 1. The fourth-order valence-electron chi connectivity index (χ4n) is 6.58. The fourth-order valence-corrected chi connectivity index (χ4v) is 6.58. The molecule has 2 aliphatic heterocycles. The summed E-state index contributed by atoms with van der Waals surface area (Å²) < 4.78 is 16.8. The van der Waals surface area contributed by atoms with Crippen molar-refractivity contribution in [2.45, 2.75) is 88.1 Å². The molecule has 1 amide bonds. The van der Waals surface area contributed by atoms with Crippen LogP contribution in [-0.4, -0.2) is 94.6 Å². The van der Waals surface area contributed by atoms with Crippen molar-refractivity contribution < 1.29 is 48.7 Å². The number of hydrogen-bond acceptors (Lipinski definition) is 11. The highest BCUT2D eigenvalue weighted by atomic mass is 16.6. The molecule has 1 saturated heterocycles. The summed E-state index contributed by atoms with van der Waals surface area (Å²) in [7, 11) is 1.91. The summed E-state index contributed by atoms with van der Waals surface area (Å²) in [5, 5.41) is 34.9. The van der Waals surface area contributed by atoms with Crippen LogP contribution in [0.5, 0.6) is 11.5 Å². The molecule has 1 aromatic rings. The number of aryl methyl sites for hydroxylation is 1. The maximum atomic E-state index is 13.0. The molecule has 1 spiro atoms. The third-order valence-electron chi connectivity index (χ3n) is 9.00. The number of phenolic OH excluding ortho intramolecular Hbond substituents is 1. The molecule has 0 unspecified atom stereocenters. The Labute approximate surface area is 250 Å². The molecule has 236 valence electrons. The number of carbonyl (C=O) groups excluding carboxylic acids is 3. The molecule has 0 aromatic heterocycles. The highest BCUT2D eigenvalue weighted by Gasteiger charge is 2.69. The Morgan fingerprint density at radius 3 is 2.65 bits per heavy atom. The number of unbranched alkanes of at least 4 members (excludes halogenated alkanes) is 2. The Morgan fingerprint density at radius 2 is 1.95 bits per heavy atom. The number of aromatic hydroxyl groups is 1. The molecule has 43 heavy (non-hydrogen) atoms. The summed E-state index contributed by atoms with van der Waals surface area (Å²) >= 11 is 0. The van der Waals surface area contributed by atoms with Gasteiger partial charge in [-0.05, 0) is 71.0 Å². The lowest BCUT2D eigenvalue weighted by Crippen LogP contribution is -2.71. The van der Waals surface area contributed by atoms with Gasteiger partial charge in [0.1, 0.15) is 12.3 Å². The Morgan fingerprint density at radius 1 is 1.21 bits per heavy atom. The van der Waals surface area contributed by atoms with Crippen LogP contribution in [0.2, 0.25) is 0 Å². The van der Waals surface area contributed by atoms with E-state index >= 15 is 0 Å². The number of esters is 2. The van der Waals surface area contributed by atoms with Gasteiger partial charge in [-0.3, -0.25) is 14.4 Å². The minimum Gasteiger partial charge on any atom is -0.504 e. The van der Waals surface area contributed by atoms with Crippen molar-refractivity contribution in [1.82, 2.24) is 10.2 Å². The molecular formula is C30H41N3O10. The van der Waals surface area contributed by atoms with E-state index in [1.165, 1.54) is 6.07 Å². The first-order chi connectivity index (χ1) is 20.4. The first kappa shape index (κ1) is 32.2. The van der Waals surface area contributed by atoms with Gasteiger partial charge < -0.3 is 45.5 Å². The standard InChI is InChI=1S/C30H41N3O10/c1-17-8-9-19(34)26-25(17)29-12-14-33(3)18(2)30(29,40)11-10-20(27(29)43-26)41-23(36)15-21(28(38)39)42-24(37)16-32-22(35)7-5-4-6-13-31/h8-10,18,21,27,34,40H,4-7,11-16,31H2,1-3H3,(H,32,35)(H,38,39)/t18-,21+,27+,29+,30-/m1/s1. The number of hydrogen-bond donors (Lipinski definition) is 5. The van der Waals surface area contributed by atoms with E-state index in [1.54, 1.807) is 12.1 Å². The number of ether oxygens (including phenoxy) is 3. The molecule has 2 heterocycles. The van der Waals surface area contributed by atoms with E-state index in [0.717, 1.165) is 18.4 Å². The zero-order valence-electron chi connectivity index (χ0n) is 24.8. The molecule has 13 heteroatoms. The molecule has 1 fully saturated rings. The summed E-state index contributed by atoms with van der Waals surface area (Å²) in [4.78, 5) is 51.0. The number of piperidine rings is 1. The van der Waals surface area contributed by atoms with Crippen molar-refractivity contribution in [2.75, 3.05) is 26.7 Å². The van der Waals surface area contributed by atoms with Gasteiger partial charge in [0.15, 0.2) is 17.6 Å². The van der Waals surface area contributed by atoms with Gasteiger partial charge in [-0.25, -0.2) is 4.79 Å². The van der Waals surface area contributed by atoms with Crippen LogP contribution in [-0.2, 0) is 34.1 Å². The molecule has 0 bridgehead atoms. The number of fused-ring (bicyclic) bond motifs is 1. The summed E-state index contributed by atoms with van der Waals surface area (Å²) in [6.45, 7) is 4.34. The van der Waals surface area contributed by atoms with E-state index in [2.05, 4.69) is 5.32 Å². The van der Waals surface area contributed by atoms with Gasteiger partial charge in [0.05, 0.1) is 17.4 Å². The lowest BCUT2D eigenvalue weighted by Gasteiger charge is -2.58. The normalized spacial score (nSPS) is 26.6. The van der Waals surface area contributed by atoms with Crippen LogP contribution in [0, 0.1) is 6.92 Å². The van der Waals surface area contributed by atoms with Crippen molar-refractivity contribution in [1.29, 1.82) is 0 Å². The number of carbonyl (C=O) groups is 4. The highest BCUT2D eigenvalue weighted by Crippen LogP contribution is 2.62. The van der Waals surface area contributed by atoms with E-state index in [0.29, 0.717) is 31.5 Å².